The summed E-state index contributed by atoms with van der Waals surface area (Å²) in [4.78, 5) is 0. The second-order valence-electron chi connectivity index (χ2n) is 4.87. The molecule has 0 amide bonds. The Morgan fingerprint density at radius 1 is 1.29 bits per heavy atom. The fourth-order valence-electron chi connectivity index (χ4n) is 1.46. The van der Waals surface area contributed by atoms with Gasteiger partial charge in [-0.15, -0.1) is 0 Å². The zero-order valence-electron chi connectivity index (χ0n) is 9.80. The highest BCUT2D eigenvalue weighted by Crippen LogP contribution is 2.12. The van der Waals surface area contributed by atoms with Crippen molar-refractivity contribution in [1.82, 2.24) is 5.32 Å². The van der Waals surface area contributed by atoms with Crippen molar-refractivity contribution in [3.05, 3.63) is 0 Å². The van der Waals surface area contributed by atoms with Crippen molar-refractivity contribution >= 4 is 0 Å². The fraction of sp³-hybridized carbons (Fsp3) is 1.00. The second kappa shape index (κ2) is 5.10. The lowest BCUT2D eigenvalue weighted by Crippen LogP contribution is -2.47. The van der Waals surface area contributed by atoms with Gasteiger partial charge in [0.05, 0.1) is 24.4 Å². The van der Waals surface area contributed by atoms with Crippen LogP contribution in [0, 0.1) is 0 Å². The fourth-order valence-corrected chi connectivity index (χ4v) is 1.46. The van der Waals surface area contributed by atoms with E-state index in [1.165, 1.54) is 0 Å². The molecule has 0 aromatic rings. The minimum atomic E-state index is -0.0669. The summed E-state index contributed by atoms with van der Waals surface area (Å²) in [6.07, 6.45) is 1.64. The molecule has 2 unspecified atom stereocenters. The van der Waals surface area contributed by atoms with Gasteiger partial charge in [0, 0.05) is 13.1 Å². The smallest absolute Gasteiger partial charge is 0.0937 e. The van der Waals surface area contributed by atoms with Gasteiger partial charge in [0.2, 0.25) is 0 Å². The van der Waals surface area contributed by atoms with E-state index in [4.69, 9.17) is 9.47 Å². The monoisotopic (exact) mass is 201 g/mol. The van der Waals surface area contributed by atoms with Gasteiger partial charge < -0.3 is 14.8 Å². The van der Waals surface area contributed by atoms with Crippen LogP contribution in [0.4, 0.5) is 0 Å². The van der Waals surface area contributed by atoms with Gasteiger partial charge in [-0.1, -0.05) is 6.92 Å². The van der Waals surface area contributed by atoms with Crippen LogP contribution in [0.1, 0.15) is 34.1 Å². The van der Waals surface area contributed by atoms with Gasteiger partial charge in [-0.2, -0.15) is 0 Å². The number of hydrogen-bond acceptors (Lipinski definition) is 3. The van der Waals surface area contributed by atoms with Gasteiger partial charge >= 0.3 is 0 Å². The summed E-state index contributed by atoms with van der Waals surface area (Å²) in [5.41, 5.74) is -0.0669. The summed E-state index contributed by atoms with van der Waals surface area (Å²) >= 11 is 0. The Morgan fingerprint density at radius 3 is 2.50 bits per heavy atom. The maximum Gasteiger partial charge on any atom is 0.0937 e. The minimum absolute atomic E-state index is 0.0669. The lowest BCUT2D eigenvalue weighted by Gasteiger charge is -2.32. The molecule has 0 aromatic carbocycles. The van der Waals surface area contributed by atoms with E-state index < -0.39 is 0 Å². The van der Waals surface area contributed by atoms with E-state index in [1.54, 1.807) is 0 Å². The molecule has 1 N–H and O–H groups in total. The molecule has 3 heteroatoms. The first-order valence-corrected chi connectivity index (χ1v) is 5.51. The third-order valence-corrected chi connectivity index (χ3v) is 2.29. The molecule has 1 saturated heterocycles. The second-order valence-corrected chi connectivity index (χ2v) is 4.87. The predicted molar refractivity (Wildman–Crippen MR) is 57.5 cm³/mol. The first-order valence-electron chi connectivity index (χ1n) is 5.51. The van der Waals surface area contributed by atoms with Crippen molar-refractivity contribution in [3.8, 4) is 0 Å². The molecule has 1 rings (SSSR count). The van der Waals surface area contributed by atoms with Crippen LogP contribution in [-0.2, 0) is 9.47 Å². The van der Waals surface area contributed by atoms with E-state index in [9.17, 15) is 0 Å². The van der Waals surface area contributed by atoms with E-state index in [2.05, 4.69) is 33.0 Å². The van der Waals surface area contributed by atoms with Crippen LogP contribution in [0.2, 0.25) is 0 Å². The Labute approximate surface area is 87.2 Å². The predicted octanol–water partition coefficient (Wildman–Crippen LogP) is 1.57. The first kappa shape index (κ1) is 12.0. The number of morpholine rings is 1. The molecule has 1 aliphatic rings. The van der Waals surface area contributed by atoms with Crippen molar-refractivity contribution in [3.63, 3.8) is 0 Å². The van der Waals surface area contributed by atoms with Crippen LogP contribution in [0.5, 0.6) is 0 Å². The number of ether oxygens (including phenoxy) is 2. The average molecular weight is 201 g/mol. The third kappa shape index (κ3) is 4.40. The molecule has 14 heavy (non-hydrogen) atoms. The van der Waals surface area contributed by atoms with E-state index >= 15 is 0 Å². The van der Waals surface area contributed by atoms with E-state index in [-0.39, 0.29) is 11.7 Å². The Kier molecular flexibility index (Phi) is 4.35. The quantitative estimate of drug-likeness (QED) is 0.752. The largest absolute Gasteiger partial charge is 0.373 e. The zero-order valence-corrected chi connectivity index (χ0v) is 9.80. The van der Waals surface area contributed by atoms with Gasteiger partial charge in [-0.3, -0.25) is 0 Å². The van der Waals surface area contributed by atoms with Gasteiger partial charge in [0.1, 0.15) is 0 Å². The van der Waals surface area contributed by atoms with E-state index in [0.29, 0.717) is 12.7 Å². The standard InChI is InChI=1S/C11H23NO2/c1-5-9-6-12-7-10(14-9)8-13-11(2,3)4/h9-10,12H,5-8H2,1-4H3. The molecule has 0 saturated carbocycles. The minimum Gasteiger partial charge on any atom is -0.373 e. The van der Waals surface area contributed by atoms with Gasteiger partial charge in [-0.05, 0) is 27.2 Å². The Bertz CT molecular complexity index is 165. The molecule has 0 aromatic heterocycles. The van der Waals surface area contributed by atoms with Gasteiger partial charge in [0.15, 0.2) is 0 Å². The molecular weight excluding hydrogens is 178 g/mol. The normalized spacial score (nSPS) is 29.1. The SMILES string of the molecule is CCC1CNCC(COC(C)(C)C)O1. The summed E-state index contributed by atoms with van der Waals surface area (Å²) in [6.45, 7) is 10.9. The highest BCUT2D eigenvalue weighted by Gasteiger charge is 2.22. The maximum atomic E-state index is 5.84. The van der Waals surface area contributed by atoms with E-state index in [0.717, 1.165) is 19.5 Å². The van der Waals surface area contributed by atoms with Crippen molar-refractivity contribution in [1.29, 1.82) is 0 Å². The van der Waals surface area contributed by atoms with Crippen molar-refractivity contribution in [2.24, 2.45) is 0 Å². The molecule has 1 heterocycles. The zero-order chi connectivity index (χ0) is 10.6. The summed E-state index contributed by atoms with van der Waals surface area (Å²) in [5.74, 6) is 0. The molecule has 1 aliphatic heterocycles. The van der Waals surface area contributed by atoms with Crippen LogP contribution >= 0.6 is 0 Å². The molecule has 2 atom stereocenters. The van der Waals surface area contributed by atoms with Crippen molar-refractivity contribution in [2.45, 2.75) is 51.9 Å². The highest BCUT2D eigenvalue weighted by molar-refractivity contribution is 4.74. The van der Waals surface area contributed by atoms with E-state index in [1.807, 2.05) is 0 Å². The van der Waals surface area contributed by atoms with Crippen LogP contribution in [0.25, 0.3) is 0 Å². The van der Waals surface area contributed by atoms with Crippen LogP contribution in [0.15, 0.2) is 0 Å². The summed E-state index contributed by atoms with van der Waals surface area (Å²) in [6, 6.07) is 0. The number of nitrogens with one attached hydrogen (secondary N) is 1. The van der Waals surface area contributed by atoms with Crippen molar-refractivity contribution in [2.75, 3.05) is 19.7 Å². The third-order valence-electron chi connectivity index (χ3n) is 2.29. The highest BCUT2D eigenvalue weighted by atomic mass is 16.5. The Balaban J connectivity index is 2.24. The van der Waals surface area contributed by atoms with Gasteiger partial charge in [-0.25, -0.2) is 0 Å². The average Bonchev–Trinajstić information content (AvgIpc) is 2.14. The molecular formula is C11H23NO2. The Hall–Kier alpha value is -0.120. The summed E-state index contributed by atoms with van der Waals surface area (Å²) in [7, 11) is 0. The van der Waals surface area contributed by atoms with Crippen molar-refractivity contribution < 1.29 is 9.47 Å². The lowest BCUT2D eigenvalue weighted by molar-refractivity contribution is -0.108. The molecule has 84 valence electrons. The van der Waals surface area contributed by atoms with Gasteiger partial charge in [0.25, 0.3) is 0 Å². The molecule has 0 bridgehead atoms. The molecule has 3 nitrogen and oxygen atoms in total. The molecule has 1 fully saturated rings. The van der Waals surface area contributed by atoms with Crippen LogP contribution in [0.3, 0.4) is 0 Å². The topological polar surface area (TPSA) is 30.5 Å². The summed E-state index contributed by atoms with van der Waals surface area (Å²) in [5, 5.41) is 3.37. The maximum absolute atomic E-state index is 5.84. The number of rotatable bonds is 3. The first-order chi connectivity index (χ1) is 6.51. The Morgan fingerprint density at radius 2 is 1.93 bits per heavy atom. The summed E-state index contributed by atoms with van der Waals surface area (Å²) < 4.78 is 11.5. The molecule has 0 aliphatic carbocycles. The van der Waals surface area contributed by atoms with Crippen LogP contribution in [-0.4, -0.2) is 37.5 Å². The van der Waals surface area contributed by atoms with Crippen LogP contribution < -0.4 is 5.32 Å². The number of hydrogen-bond donors (Lipinski definition) is 1. The molecule has 0 spiro atoms. The molecule has 0 radical (unpaired) electrons. The lowest BCUT2D eigenvalue weighted by atomic mass is 10.2.